The van der Waals surface area contributed by atoms with Gasteiger partial charge in [-0.15, -0.1) is 0 Å². The van der Waals surface area contributed by atoms with Crippen LogP contribution in [0, 0.1) is 5.92 Å². The fourth-order valence-corrected chi connectivity index (χ4v) is 1.07. The average molecular weight is 189 g/mol. The number of hydrogen-bond acceptors (Lipinski definition) is 3. The Kier molecular flexibility index (Phi) is 7.23. The van der Waals surface area contributed by atoms with E-state index in [9.17, 15) is 0 Å². The summed E-state index contributed by atoms with van der Waals surface area (Å²) in [5.74, 6) is 0.687. The summed E-state index contributed by atoms with van der Waals surface area (Å²) in [5.41, 5.74) is 0. The maximum atomic E-state index is 8.82. The molecule has 0 fully saturated rings. The van der Waals surface area contributed by atoms with Crippen molar-refractivity contribution >= 4 is 0 Å². The third kappa shape index (κ3) is 6.99. The number of aliphatic hydroxyl groups excluding tert-OH is 1. The molecule has 0 saturated carbocycles. The van der Waals surface area contributed by atoms with Crippen molar-refractivity contribution in [3.63, 3.8) is 0 Å². The third-order valence-corrected chi connectivity index (χ3v) is 2.42. The molecule has 13 heavy (non-hydrogen) atoms. The monoisotopic (exact) mass is 189 g/mol. The summed E-state index contributed by atoms with van der Waals surface area (Å²) in [6, 6.07) is 0.516. The van der Waals surface area contributed by atoms with Crippen molar-refractivity contribution in [2.75, 3.05) is 13.2 Å². The van der Waals surface area contributed by atoms with Crippen LogP contribution in [0.3, 0.4) is 0 Å². The highest BCUT2D eigenvalue weighted by Crippen LogP contribution is 2.05. The van der Waals surface area contributed by atoms with E-state index >= 15 is 0 Å². The molecule has 80 valence electrons. The molecule has 0 aliphatic rings. The molecule has 0 bridgehead atoms. The molecule has 0 saturated heterocycles. The van der Waals surface area contributed by atoms with Crippen molar-refractivity contribution < 1.29 is 9.84 Å². The minimum atomic E-state index is -0.652. The van der Waals surface area contributed by atoms with Crippen LogP contribution in [0.15, 0.2) is 0 Å². The molecule has 2 N–H and O–H groups in total. The summed E-state index contributed by atoms with van der Waals surface area (Å²) in [7, 11) is 0. The maximum absolute atomic E-state index is 8.82. The molecular formula is C10H23NO2. The quantitative estimate of drug-likeness (QED) is 0.469. The summed E-state index contributed by atoms with van der Waals surface area (Å²) in [6.07, 6.45) is 0.534. The normalized spacial score (nSPS) is 18.2. The lowest BCUT2D eigenvalue weighted by molar-refractivity contribution is -0.0839. The van der Waals surface area contributed by atoms with E-state index in [1.165, 1.54) is 6.42 Å². The van der Waals surface area contributed by atoms with Crippen LogP contribution in [0.2, 0.25) is 0 Å². The second-order valence-corrected chi connectivity index (χ2v) is 3.60. The van der Waals surface area contributed by atoms with Crippen molar-refractivity contribution in [1.29, 1.82) is 0 Å². The standard InChI is InChI=1S/C10H23NO2/c1-5-8(2)9(3)11-6-7-13-10(4)12/h8-12H,5-7H2,1-4H3. The van der Waals surface area contributed by atoms with Crippen LogP contribution in [0.4, 0.5) is 0 Å². The lowest BCUT2D eigenvalue weighted by atomic mass is 10.0. The molecule has 3 atom stereocenters. The van der Waals surface area contributed by atoms with Gasteiger partial charge in [-0.05, 0) is 19.8 Å². The van der Waals surface area contributed by atoms with Crippen LogP contribution < -0.4 is 5.32 Å². The van der Waals surface area contributed by atoms with Gasteiger partial charge in [0.25, 0.3) is 0 Å². The number of rotatable bonds is 7. The highest BCUT2D eigenvalue weighted by Gasteiger charge is 2.08. The fraction of sp³-hybridized carbons (Fsp3) is 1.00. The zero-order valence-electron chi connectivity index (χ0n) is 9.21. The fourth-order valence-electron chi connectivity index (χ4n) is 1.07. The molecule has 0 aromatic rings. The molecule has 0 aromatic carbocycles. The predicted molar refractivity (Wildman–Crippen MR) is 54.6 cm³/mol. The molecule has 0 aliphatic carbocycles. The van der Waals surface area contributed by atoms with E-state index in [1.807, 2.05) is 0 Å². The predicted octanol–water partition coefficient (Wildman–Crippen LogP) is 1.37. The molecule has 3 unspecified atom stereocenters. The first-order valence-electron chi connectivity index (χ1n) is 5.11. The molecule has 0 aromatic heterocycles. The minimum absolute atomic E-state index is 0.516. The molecule has 0 aliphatic heterocycles. The van der Waals surface area contributed by atoms with E-state index in [2.05, 4.69) is 26.1 Å². The minimum Gasteiger partial charge on any atom is -0.368 e. The number of aliphatic hydroxyl groups is 1. The van der Waals surface area contributed by atoms with Crippen molar-refractivity contribution in [3.05, 3.63) is 0 Å². The number of hydrogen-bond donors (Lipinski definition) is 2. The van der Waals surface area contributed by atoms with Gasteiger partial charge in [-0.3, -0.25) is 0 Å². The average Bonchev–Trinajstić information content (AvgIpc) is 2.10. The van der Waals surface area contributed by atoms with Gasteiger partial charge < -0.3 is 15.2 Å². The first-order valence-corrected chi connectivity index (χ1v) is 5.11. The van der Waals surface area contributed by atoms with Gasteiger partial charge in [0.1, 0.15) is 0 Å². The first kappa shape index (κ1) is 12.9. The van der Waals surface area contributed by atoms with E-state index in [4.69, 9.17) is 9.84 Å². The topological polar surface area (TPSA) is 41.5 Å². The van der Waals surface area contributed by atoms with Crippen LogP contribution in [-0.4, -0.2) is 30.6 Å². The lowest BCUT2D eigenvalue weighted by Gasteiger charge is -2.20. The van der Waals surface area contributed by atoms with Crippen molar-refractivity contribution in [2.24, 2.45) is 5.92 Å². The van der Waals surface area contributed by atoms with Gasteiger partial charge in [0.15, 0.2) is 6.29 Å². The van der Waals surface area contributed by atoms with Crippen LogP contribution in [0.1, 0.15) is 34.1 Å². The van der Waals surface area contributed by atoms with E-state index in [-0.39, 0.29) is 0 Å². The highest BCUT2D eigenvalue weighted by molar-refractivity contribution is 4.66. The first-order chi connectivity index (χ1) is 6.07. The van der Waals surface area contributed by atoms with E-state index in [0.29, 0.717) is 18.6 Å². The smallest absolute Gasteiger partial charge is 0.151 e. The van der Waals surface area contributed by atoms with Gasteiger partial charge in [0.2, 0.25) is 0 Å². The SMILES string of the molecule is CCC(C)C(C)NCCOC(C)O. The molecule has 0 spiro atoms. The van der Waals surface area contributed by atoms with Crippen molar-refractivity contribution in [1.82, 2.24) is 5.32 Å². The summed E-state index contributed by atoms with van der Waals surface area (Å²) in [6.45, 7) is 9.59. The highest BCUT2D eigenvalue weighted by atomic mass is 16.6. The molecule has 0 heterocycles. The van der Waals surface area contributed by atoms with E-state index < -0.39 is 6.29 Å². The Balaban J connectivity index is 3.31. The van der Waals surface area contributed by atoms with Gasteiger partial charge in [0.05, 0.1) is 6.61 Å². The van der Waals surface area contributed by atoms with Crippen LogP contribution >= 0.6 is 0 Å². The molecule has 3 heteroatoms. The van der Waals surface area contributed by atoms with Gasteiger partial charge in [-0.25, -0.2) is 0 Å². The van der Waals surface area contributed by atoms with Crippen LogP contribution in [0.25, 0.3) is 0 Å². The van der Waals surface area contributed by atoms with Crippen LogP contribution in [0.5, 0.6) is 0 Å². The summed E-state index contributed by atoms with van der Waals surface area (Å²) < 4.78 is 5.00. The number of nitrogens with one attached hydrogen (secondary N) is 1. The molecule has 3 nitrogen and oxygen atoms in total. The molecule has 0 radical (unpaired) electrons. The van der Waals surface area contributed by atoms with Crippen LogP contribution in [-0.2, 0) is 4.74 Å². The Labute approximate surface area is 81.5 Å². The lowest BCUT2D eigenvalue weighted by Crippen LogP contribution is -2.34. The molecule has 0 rings (SSSR count). The van der Waals surface area contributed by atoms with Gasteiger partial charge in [-0.1, -0.05) is 20.3 Å². The summed E-state index contributed by atoms with van der Waals surface area (Å²) in [4.78, 5) is 0. The molecular weight excluding hydrogens is 166 g/mol. The van der Waals surface area contributed by atoms with Crippen molar-refractivity contribution in [3.8, 4) is 0 Å². The Morgan fingerprint density at radius 1 is 1.31 bits per heavy atom. The van der Waals surface area contributed by atoms with Gasteiger partial charge in [0, 0.05) is 12.6 Å². The van der Waals surface area contributed by atoms with E-state index in [1.54, 1.807) is 6.92 Å². The Morgan fingerprint density at radius 3 is 2.38 bits per heavy atom. The summed E-state index contributed by atoms with van der Waals surface area (Å²) in [5, 5.41) is 12.2. The van der Waals surface area contributed by atoms with Crippen molar-refractivity contribution in [2.45, 2.75) is 46.4 Å². The Morgan fingerprint density at radius 2 is 1.92 bits per heavy atom. The number of ether oxygens (including phenoxy) is 1. The summed E-state index contributed by atoms with van der Waals surface area (Å²) >= 11 is 0. The maximum Gasteiger partial charge on any atom is 0.151 e. The third-order valence-electron chi connectivity index (χ3n) is 2.42. The van der Waals surface area contributed by atoms with Gasteiger partial charge >= 0.3 is 0 Å². The Bertz CT molecular complexity index is 117. The zero-order valence-corrected chi connectivity index (χ0v) is 9.21. The van der Waals surface area contributed by atoms with Gasteiger partial charge in [-0.2, -0.15) is 0 Å². The second kappa shape index (κ2) is 7.30. The van der Waals surface area contributed by atoms with E-state index in [0.717, 1.165) is 6.54 Å². The second-order valence-electron chi connectivity index (χ2n) is 3.60. The Hall–Kier alpha value is -0.120. The zero-order chi connectivity index (χ0) is 10.3. The largest absolute Gasteiger partial charge is 0.368 e. The molecule has 0 amide bonds.